The first kappa shape index (κ1) is 24.0. The zero-order valence-corrected chi connectivity index (χ0v) is 15.8. The van der Waals surface area contributed by atoms with Crippen molar-refractivity contribution >= 4 is 6.41 Å². The van der Waals surface area contributed by atoms with Gasteiger partial charge in [0, 0.05) is 31.2 Å². The first-order valence-electron chi connectivity index (χ1n) is 8.35. The quantitative estimate of drug-likeness (QED) is 0.404. The lowest BCUT2D eigenvalue weighted by Crippen LogP contribution is -2.31. The summed E-state index contributed by atoms with van der Waals surface area (Å²) < 4.78 is 40.7. The molecule has 1 amide bonds. The molecule has 1 unspecified atom stereocenters. The number of ether oxygens (including phenoxy) is 1. The minimum Gasteiger partial charge on any atom is -0.410 e. The van der Waals surface area contributed by atoms with Gasteiger partial charge in [-0.25, -0.2) is 0 Å². The van der Waals surface area contributed by atoms with Crippen molar-refractivity contribution in [2.75, 3.05) is 13.1 Å². The van der Waals surface area contributed by atoms with Crippen molar-refractivity contribution in [1.82, 2.24) is 10.2 Å². The molecule has 1 fully saturated rings. The molecule has 0 saturated carbocycles. The Morgan fingerprint density at radius 3 is 2.35 bits per heavy atom. The van der Waals surface area contributed by atoms with Gasteiger partial charge >= 0.3 is 6.36 Å². The van der Waals surface area contributed by atoms with Gasteiger partial charge in [-0.05, 0) is 39.3 Å². The Hall–Kier alpha value is -1.96. The van der Waals surface area contributed by atoms with Crippen LogP contribution in [-0.4, -0.2) is 47.5 Å². The number of nitrogens with one attached hydrogen (secondary N) is 1. The Kier molecular flexibility index (Phi) is 10.1. The highest BCUT2D eigenvalue weighted by atomic mass is 19.4. The van der Waals surface area contributed by atoms with Crippen molar-refractivity contribution in [2.24, 2.45) is 0 Å². The maximum atomic E-state index is 12.3. The van der Waals surface area contributed by atoms with Crippen LogP contribution in [0.1, 0.15) is 40.5 Å². The Bertz CT molecular complexity index is 503. The van der Waals surface area contributed by atoms with Crippen molar-refractivity contribution in [3.05, 3.63) is 36.3 Å². The Morgan fingerprint density at radius 2 is 1.96 bits per heavy atom. The molecule has 1 atom stereocenters. The average molecular weight is 378 g/mol. The van der Waals surface area contributed by atoms with Crippen molar-refractivity contribution in [3.8, 4) is 0 Å². The zero-order chi connectivity index (χ0) is 20.4. The monoisotopic (exact) mass is 378 g/mol. The average Bonchev–Trinajstić information content (AvgIpc) is 2.91. The first-order valence-corrected chi connectivity index (χ1v) is 8.35. The lowest BCUT2D eigenvalue weighted by molar-refractivity contribution is -0.306. The maximum Gasteiger partial charge on any atom is 0.572 e. The molecule has 0 spiro atoms. The molecule has 2 N–H and O–H groups in total. The van der Waals surface area contributed by atoms with Crippen molar-refractivity contribution < 1.29 is 27.8 Å². The number of rotatable bonds is 7. The number of carbonyl (C=O) groups excluding carboxylic acids is 1. The van der Waals surface area contributed by atoms with Gasteiger partial charge in [-0.15, -0.1) is 13.2 Å². The fourth-order valence-electron chi connectivity index (χ4n) is 2.03. The topological polar surface area (TPSA) is 61.8 Å². The number of likely N-dealkylation sites (tertiary alicyclic amines) is 1. The summed E-state index contributed by atoms with van der Waals surface area (Å²) in [4.78, 5) is 12.3. The summed E-state index contributed by atoms with van der Waals surface area (Å²) in [6.45, 7) is 11.5. The first-order chi connectivity index (χ1) is 11.9. The van der Waals surface area contributed by atoms with Crippen molar-refractivity contribution in [1.29, 1.82) is 0 Å². The molecule has 5 nitrogen and oxygen atoms in total. The molecule has 0 aromatic carbocycles. The minimum atomic E-state index is -4.71. The number of alkyl halides is 3. The Morgan fingerprint density at radius 1 is 1.38 bits per heavy atom. The van der Waals surface area contributed by atoms with Crippen LogP contribution in [0.4, 0.5) is 13.2 Å². The van der Waals surface area contributed by atoms with Gasteiger partial charge in [0.05, 0.1) is 5.60 Å². The molecular weight excluding hydrogens is 349 g/mol. The number of hydrogen-bond acceptors (Lipinski definition) is 4. The lowest BCUT2D eigenvalue weighted by Gasteiger charge is -2.17. The van der Waals surface area contributed by atoms with Gasteiger partial charge in [-0.1, -0.05) is 19.6 Å². The van der Waals surface area contributed by atoms with Crippen molar-refractivity contribution in [2.45, 2.75) is 58.5 Å². The van der Waals surface area contributed by atoms with E-state index in [4.69, 9.17) is 5.11 Å². The summed E-state index contributed by atoms with van der Waals surface area (Å²) in [5, 5.41) is 11.6. The number of hydrogen-bond donors (Lipinski definition) is 2. The summed E-state index contributed by atoms with van der Waals surface area (Å²) in [6, 6.07) is 0.00152. The van der Waals surface area contributed by atoms with Crippen LogP contribution in [0.25, 0.3) is 0 Å². The Labute approximate surface area is 153 Å². The maximum absolute atomic E-state index is 12.3. The smallest absolute Gasteiger partial charge is 0.410 e. The standard InChI is InChI=1S/C14H19F3N2O2.C4H10O/c1-3-5-11(8-13(4-2)21-14(15,16)17)18-12-6-7-19(9-12)10-20;1-4(2,3)5/h3,5,8,10,12,18H,1,4,6-7,9H2,2H3;5H,1-3H3/b11-5+,13-8+;. The van der Waals surface area contributed by atoms with E-state index in [0.29, 0.717) is 18.8 Å². The fraction of sp³-hybridized carbons (Fsp3) is 0.611. The van der Waals surface area contributed by atoms with Gasteiger partial charge in [-0.3, -0.25) is 4.79 Å². The lowest BCUT2D eigenvalue weighted by atomic mass is 10.2. The van der Waals surface area contributed by atoms with Crippen LogP contribution >= 0.6 is 0 Å². The van der Waals surface area contributed by atoms with Crippen LogP contribution in [0.3, 0.4) is 0 Å². The Balaban J connectivity index is 0.00000110. The molecule has 0 aromatic rings. The van der Waals surface area contributed by atoms with E-state index in [2.05, 4.69) is 16.6 Å². The molecule has 0 aromatic heterocycles. The van der Waals surface area contributed by atoms with E-state index in [1.165, 1.54) is 12.2 Å². The molecule has 0 radical (unpaired) electrons. The van der Waals surface area contributed by atoms with Gasteiger partial charge in [-0.2, -0.15) is 0 Å². The van der Waals surface area contributed by atoms with E-state index < -0.39 is 12.0 Å². The molecule has 1 saturated heterocycles. The van der Waals surface area contributed by atoms with E-state index in [0.717, 1.165) is 12.8 Å². The predicted octanol–water partition coefficient (Wildman–Crippen LogP) is 3.48. The molecule has 0 bridgehead atoms. The normalized spacial score (nSPS) is 18.8. The summed E-state index contributed by atoms with van der Waals surface area (Å²) in [6.07, 6.45) is 1.26. The minimum absolute atomic E-state index is 0.00152. The molecule has 8 heteroatoms. The predicted molar refractivity (Wildman–Crippen MR) is 94.9 cm³/mol. The third-order valence-electron chi connectivity index (χ3n) is 2.95. The van der Waals surface area contributed by atoms with E-state index >= 15 is 0 Å². The molecular formula is C18H29F3N2O3. The summed E-state index contributed by atoms with van der Waals surface area (Å²) in [5.41, 5.74) is -0.0242. The molecule has 1 aliphatic heterocycles. The highest BCUT2D eigenvalue weighted by molar-refractivity contribution is 5.47. The summed E-state index contributed by atoms with van der Waals surface area (Å²) in [5.74, 6) is -0.187. The van der Waals surface area contributed by atoms with Crippen molar-refractivity contribution in [3.63, 3.8) is 0 Å². The second kappa shape index (κ2) is 10.9. The SMILES string of the molecule is C=C/C=C(\C=C(/CC)OC(F)(F)F)NC1CCN(C=O)C1.CC(C)(C)O. The van der Waals surface area contributed by atoms with Crippen LogP contribution in [0.2, 0.25) is 0 Å². The van der Waals surface area contributed by atoms with Crippen LogP contribution in [0.15, 0.2) is 36.3 Å². The highest BCUT2D eigenvalue weighted by Crippen LogP contribution is 2.23. The third kappa shape index (κ3) is 13.3. The number of carbonyl (C=O) groups is 1. The van der Waals surface area contributed by atoms with E-state index in [1.54, 1.807) is 38.7 Å². The van der Waals surface area contributed by atoms with Crippen LogP contribution in [0, 0.1) is 0 Å². The van der Waals surface area contributed by atoms with Gasteiger partial charge < -0.3 is 20.1 Å². The number of allylic oxidation sites excluding steroid dienone is 4. The zero-order valence-electron chi connectivity index (χ0n) is 15.8. The second-order valence-electron chi connectivity index (χ2n) is 6.77. The van der Waals surface area contributed by atoms with Gasteiger partial charge in [0.25, 0.3) is 0 Å². The fourth-order valence-corrected chi connectivity index (χ4v) is 2.03. The third-order valence-corrected chi connectivity index (χ3v) is 2.95. The molecule has 26 heavy (non-hydrogen) atoms. The van der Waals surface area contributed by atoms with Crippen LogP contribution < -0.4 is 5.32 Å². The van der Waals surface area contributed by atoms with E-state index in [1.807, 2.05) is 0 Å². The van der Waals surface area contributed by atoms with Gasteiger partial charge in [0.2, 0.25) is 6.41 Å². The van der Waals surface area contributed by atoms with Gasteiger partial charge in [0.15, 0.2) is 0 Å². The summed E-state index contributed by atoms with van der Waals surface area (Å²) in [7, 11) is 0. The number of amides is 1. The molecule has 1 rings (SSSR count). The largest absolute Gasteiger partial charge is 0.572 e. The number of aliphatic hydroxyl groups is 1. The second-order valence-corrected chi connectivity index (χ2v) is 6.77. The number of halogens is 3. The molecule has 0 aliphatic carbocycles. The van der Waals surface area contributed by atoms with E-state index in [9.17, 15) is 18.0 Å². The van der Waals surface area contributed by atoms with Gasteiger partial charge in [0.1, 0.15) is 5.76 Å². The van der Waals surface area contributed by atoms with Crippen LogP contribution in [-0.2, 0) is 9.53 Å². The summed E-state index contributed by atoms with van der Waals surface area (Å²) >= 11 is 0. The molecule has 1 heterocycles. The van der Waals surface area contributed by atoms with E-state index in [-0.39, 0.29) is 18.2 Å². The molecule has 150 valence electrons. The number of nitrogens with zero attached hydrogens (tertiary/aromatic N) is 1. The highest BCUT2D eigenvalue weighted by Gasteiger charge is 2.31. The van der Waals surface area contributed by atoms with Crippen LogP contribution in [0.5, 0.6) is 0 Å². The molecule has 1 aliphatic rings.